The monoisotopic (exact) mass is 488 g/mol. The summed E-state index contributed by atoms with van der Waals surface area (Å²) < 4.78 is 59.5. The van der Waals surface area contributed by atoms with Gasteiger partial charge in [-0.1, -0.05) is 48.5 Å². The smallest absolute Gasteiger partial charge is 0.342 e. The molecular weight excluding hydrogens is 464 g/mol. The number of ether oxygens (including phenoxy) is 2. The molecule has 0 radical (unpaired) electrons. The van der Waals surface area contributed by atoms with Crippen molar-refractivity contribution in [2.75, 3.05) is 12.4 Å². The van der Waals surface area contributed by atoms with Crippen molar-refractivity contribution >= 4 is 26.4 Å². The van der Waals surface area contributed by atoms with Crippen molar-refractivity contribution < 1.29 is 31.8 Å². The quantitative estimate of drug-likeness (QED) is 0.446. The van der Waals surface area contributed by atoms with Crippen LogP contribution in [-0.4, -0.2) is 35.9 Å². The SMILES string of the molecule is CCOc1c(C(=O)OCc2ccccc2)ccc2c1C(S(=O)(=O)c1ccccc1)CS2(O)O. The van der Waals surface area contributed by atoms with Crippen molar-refractivity contribution in [3.63, 3.8) is 0 Å². The number of esters is 1. The van der Waals surface area contributed by atoms with Crippen LogP contribution in [0.1, 0.15) is 33.7 Å². The third-order valence-electron chi connectivity index (χ3n) is 5.38. The largest absolute Gasteiger partial charge is 0.493 e. The molecule has 0 aliphatic carbocycles. The summed E-state index contributed by atoms with van der Waals surface area (Å²) in [4.78, 5) is 13.1. The average Bonchev–Trinajstić information content (AvgIpc) is 3.11. The third-order valence-corrected chi connectivity index (χ3v) is 9.53. The van der Waals surface area contributed by atoms with Crippen molar-refractivity contribution in [2.24, 2.45) is 0 Å². The highest BCUT2D eigenvalue weighted by Crippen LogP contribution is 2.63. The number of carbonyl (C=O) groups is 1. The molecule has 1 aliphatic rings. The number of hydrogen-bond acceptors (Lipinski definition) is 7. The first kappa shape index (κ1) is 23.3. The van der Waals surface area contributed by atoms with Gasteiger partial charge >= 0.3 is 5.97 Å². The highest BCUT2D eigenvalue weighted by Gasteiger charge is 2.46. The Morgan fingerprint density at radius 1 is 1.00 bits per heavy atom. The standard InChI is InChI=1S/C24H24O7S2/c1-2-30-23-19(24(25)31-15-17-9-5-3-6-10-17)13-14-20-22(23)21(16-32(20,26)27)33(28,29)18-11-7-4-8-12-18/h3-14,21,26-27H,2,15-16H2,1H3. The van der Waals surface area contributed by atoms with E-state index in [2.05, 4.69) is 0 Å². The highest BCUT2D eigenvalue weighted by molar-refractivity contribution is 8.25. The van der Waals surface area contributed by atoms with Crippen LogP contribution >= 0.6 is 10.6 Å². The molecule has 174 valence electrons. The second-order valence-corrected chi connectivity index (χ2v) is 11.8. The summed E-state index contributed by atoms with van der Waals surface area (Å²) in [5.41, 5.74) is 0.940. The van der Waals surface area contributed by atoms with Gasteiger partial charge in [0.1, 0.15) is 23.2 Å². The fraction of sp³-hybridized carbons (Fsp3) is 0.208. The van der Waals surface area contributed by atoms with E-state index in [1.54, 1.807) is 25.1 Å². The van der Waals surface area contributed by atoms with E-state index in [1.165, 1.54) is 24.3 Å². The lowest BCUT2D eigenvalue weighted by molar-refractivity contribution is 0.0468. The molecule has 2 N–H and O–H groups in total. The Labute approximate surface area is 194 Å². The second-order valence-electron chi connectivity index (χ2n) is 7.53. The Bertz CT molecular complexity index is 1260. The molecule has 0 aromatic heterocycles. The second kappa shape index (κ2) is 9.18. The van der Waals surface area contributed by atoms with Crippen LogP contribution in [0.25, 0.3) is 0 Å². The minimum absolute atomic E-state index is 0.00930. The first-order chi connectivity index (χ1) is 15.8. The Morgan fingerprint density at radius 2 is 1.64 bits per heavy atom. The fourth-order valence-corrected chi connectivity index (χ4v) is 8.25. The lowest BCUT2D eigenvalue weighted by Gasteiger charge is -2.27. The summed E-state index contributed by atoms with van der Waals surface area (Å²) in [5, 5.41) is -1.27. The summed E-state index contributed by atoms with van der Waals surface area (Å²) in [6, 6.07) is 19.7. The summed E-state index contributed by atoms with van der Waals surface area (Å²) in [5.74, 6) is -1.08. The molecule has 0 saturated carbocycles. The zero-order valence-electron chi connectivity index (χ0n) is 17.9. The van der Waals surface area contributed by atoms with Crippen LogP contribution in [0.3, 0.4) is 0 Å². The summed E-state index contributed by atoms with van der Waals surface area (Å²) >= 11 is 0. The zero-order chi connectivity index (χ0) is 23.6. The number of hydrogen-bond donors (Lipinski definition) is 2. The van der Waals surface area contributed by atoms with Crippen LogP contribution in [0.5, 0.6) is 5.75 Å². The third kappa shape index (κ3) is 4.49. The van der Waals surface area contributed by atoms with Crippen LogP contribution in [0, 0.1) is 0 Å². The van der Waals surface area contributed by atoms with Crippen molar-refractivity contribution in [2.45, 2.75) is 28.6 Å². The van der Waals surface area contributed by atoms with Crippen LogP contribution in [-0.2, 0) is 21.2 Å². The zero-order valence-corrected chi connectivity index (χ0v) is 19.5. The Balaban J connectivity index is 1.78. The molecule has 9 heteroatoms. The molecule has 3 aromatic rings. The number of sulfone groups is 1. The van der Waals surface area contributed by atoms with E-state index in [0.29, 0.717) is 0 Å². The molecule has 0 spiro atoms. The van der Waals surface area contributed by atoms with Crippen LogP contribution < -0.4 is 4.74 Å². The van der Waals surface area contributed by atoms with E-state index in [-0.39, 0.29) is 39.9 Å². The normalized spacial score (nSPS) is 17.7. The first-order valence-corrected chi connectivity index (χ1v) is 13.6. The Morgan fingerprint density at radius 3 is 2.27 bits per heavy atom. The molecule has 1 unspecified atom stereocenters. The van der Waals surface area contributed by atoms with Gasteiger partial charge in [0.2, 0.25) is 0 Å². The van der Waals surface area contributed by atoms with Crippen molar-refractivity contribution in [3.05, 3.63) is 89.5 Å². The van der Waals surface area contributed by atoms with Crippen molar-refractivity contribution in [1.29, 1.82) is 0 Å². The van der Waals surface area contributed by atoms with Crippen molar-refractivity contribution in [3.8, 4) is 5.75 Å². The molecule has 1 heterocycles. The van der Waals surface area contributed by atoms with Crippen LogP contribution in [0.15, 0.2) is 82.6 Å². The maximum absolute atomic E-state index is 13.5. The van der Waals surface area contributed by atoms with Gasteiger partial charge in [0.15, 0.2) is 9.84 Å². The van der Waals surface area contributed by atoms with E-state index >= 15 is 0 Å². The molecule has 1 atom stereocenters. The van der Waals surface area contributed by atoms with E-state index in [1.807, 2.05) is 30.3 Å². The first-order valence-electron chi connectivity index (χ1n) is 10.3. The lowest BCUT2D eigenvalue weighted by Crippen LogP contribution is -2.17. The molecule has 1 aliphatic heterocycles. The number of benzene rings is 3. The van der Waals surface area contributed by atoms with Crippen LogP contribution in [0.2, 0.25) is 0 Å². The molecule has 0 amide bonds. The van der Waals surface area contributed by atoms with Gasteiger partial charge in [-0.2, -0.15) is 10.6 Å². The van der Waals surface area contributed by atoms with Gasteiger partial charge in [0, 0.05) is 5.56 Å². The Hall–Kier alpha value is -2.85. The van der Waals surface area contributed by atoms with Crippen LogP contribution in [0.4, 0.5) is 0 Å². The van der Waals surface area contributed by atoms with Gasteiger partial charge < -0.3 is 9.47 Å². The molecule has 3 aromatic carbocycles. The Kier molecular flexibility index (Phi) is 6.49. The maximum atomic E-state index is 13.5. The minimum Gasteiger partial charge on any atom is -0.493 e. The van der Waals surface area contributed by atoms with Gasteiger partial charge in [0.05, 0.1) is 22.2 Å². The van der Waals surface area contributed by atoms with Gasteiger partial charge in [-0.15, -0.1) is 0 Å². The fourth-order valence-electron chi connectivity index (χ4n) is 3.84. The van der Waals surface area contributed by atoms with Crippen molar-refractivity contribution in [1.82, 2.24) is 0 Å². The van der Waals surface area contributed by atoms with Gasteiger partial charge in [-0.3, -0.25) is 9.11 Å². The topological polar surface area (TPSA) is 110 Å². The molecular formula is C24H24O7S2. The summed E-state index contributed by atoms with van der Waals surface area (Å²) in [6.07, 6.45) is 0. The predicted octanol–water partition coefficient (Wildman–Crippen LogP) is 5.08. The molecule has 0 fully saturated rings. The van der Waals surface area contributed by atoms with E-state index < -0.39 is 37.4 Å². The van der Waals surface area contributed by atoms with E-state index in [0.717, 1.165) is 5.56 Å². The van der Waals surface area contributed by atoms with Gasteiger partial charge in [-0.05, 0) is 36.8 Å². The molecule has 0 bridgehead atoms. The number of carbonyl (C=O) groups excluding carboxylic acids is 1. The maximum Gasteiger partial charge on any atom is 0.342 e. The average molecular weight is 489 g/mol. The number of rotatable bonds is 7. The summed E-state index contributed by atoms with van der Waals surface area (Å²) in [6.45, 7) is 1.88. The molecule has 33 heavy (non-hydrogen) atoms. The van der Waals surface area contributed by atoms with Gasteiger partial charge in [-0.25, -0.2) is 13.2 Å². The summed E-state index contributed by atoms with van der Waals surface area (Å²) in [7, 11) is -7.39. The predicted molar refractivity (Wildman–Crippen MR) is 126 cm³/mol. The van der Waals surface area contributed by atoms with E-state index in [9.17, 15) is 22.3 Å². The highest BCUT2D eigenvalue weighted by atomic mass is 32.3. The number of fused-ring (bicyclic) bond motifs is 1. The lowest BCUT2D eigenvalue weighted by atomic mass is 10.1. The molecule has 0 saturated heterocycles. The molecule has 4 rings (SSSR count). The van der Waals surface area contributed by atoms with E-state index in [4.69, 9.17) is 9.47 Å². The molecule has 7 nitrogen and oxygen atoms in total. The van der Waals surface area contributed by atoms with Gasteiger partial charge in [0.25, 0.3) is 0 Å². The minimum atomic E-state index is -3.99.